The minimum absolute atomic E-state index is 0.0970. The van der Waals surface area contributed by atoms with E-state index < -0.39 is 0 Å². The van der Waals surface area contributed by atoms with Gasteiger partial charge in [0.05, 0.1) is 17.6 Å². The Bertz CT molecular complexity index is 1300. The number of carbonyl (C=O) groups is 1. The zero-order valence-electron chi connectivity index (χ0n) is 17.4. The van der Waals surface area contributed by atoms with Crippen molar-refractivity contribution in [2.75, 3.05) is 11.6 Å². The molecule has 1 atom stereocenters. The van der Waals surface area contributed by atoms with Gasteiger partial charge in [-0.05, 0) is 55.1 Å². The molecular formula is C23H19FN6OS. The van der Waals surface area contributed by atoms with E-state index in [0.29, 0.717) is 23.5 Å². The summed E-state index contributed by atoms with van der Waals surface area (Å²) in [5, 5.41) is 15.7. The number of carbonyl (C=O) groups excluding carboxylic acids is 1. The third-order valence-electron chi connectivity index (χ3n) is 5.50. The van der Waals surface area contributed by atoms with Crippen LogP contribution in [0, 0.1) is 12.7 Å². The molecule has 0 bridgehead atoms. The number of rotatable bonds is 4. The molecule has 0 aliphatic carbocycles. The number of anilines is 1. The molecule has 9 heteroatoms. The van der Waals surface area contributed by atoms with Crippen molar-refractivity contribution in [1.82, 2.24) is 25.0 Å². The average Bonchev–Trinajstić information content (AvgIpc) is 3.15. The molecular weight excluding hydrogens is 427 g/mol. The second-order valence-electron chi connectivity index (χ2n) is 7.49. The number of hydrogen-bond acceptors (Lipinski definition) is 6. The zero-order chi connectivity index (χ0) is 22.2. The van der Waals surface area contributed by atoms with Crippen molar-refractivity contribution in [1.29, 1.82) is 0 Å². The third kappa shape index (κ3) is 3.64. The monoisotopic (exact) mass is 446 g/mol. The molecule has 3 heterocycles. The van der Waals surface area contributed by atoms with E-state index in [2.05, 4.69) is 49.9 Å². The van der Waals surface area contributed by atoms with Gasteiger partial charge >= 0.3 is 0 Å². The minimum atomic E-state index is -0.327. The Morgan fingerprint density at radius 2 is 1.88 bits per heavy atom. The number of fused-ring (bicyclic) bond motifs is 1. The van der Waals surface area contributed by atoms with Gasteiger partial charge in [-0.2, -0.15) is 14.9 Å². The molecule has 2 aromatic heterocycles. The minimum Gasteiger partial charge on any atom is -0.310 e. The van der Waals surface area contributed by atoms with Crippen LogP contribution in [0.15, 0.2) is 59.6 Å². The van der Waals surface area contributed by atoms with Crippen molar-refractivity contribution in [2.24, 2.45) is 0 Å². The van der Waals surface area contributed by atoms with Gasteiger partial charge in [-0.15, -0.1) is 16.9 Å². The molecule has 0 saturated heterocycles. The first kappa shape index (κ1) is 20.3. The molecule has 1 amide bonds. The van der Waals surface area contributed by atoms with E-state index in [-0.39, 0.29) is 23.6 Å². The Hall–Kier alpha value is -3.59. The molecule has 5 rings (SSSR count). The van der Waals surface area contributed by atoms with E-state index in [1.165, 1.54) is 27.9 Å². The van der Waals surface area contributed by atoms with E-state index >= 15 is 0 Å². The fraction of sp³-hybridized carbons (Fsp3) is 0.174. The van der Waals surface area contributed by atoms with Crippen LogP contribution >= 0.6 is 11.8 Å². The largest absolute Gasteiger partial charge is 0.310 e. The summed E-state index contributed by atoms with van der Waals surface area (Å²) in [6, 6.07) is 14.2. The molecule has 0 radical (unpaired) electrons. The summed E-state index contributed by atoms with van der Waals surface area (Å²) in [6.45, 7) is 1.91. The lowest BCUT2D eigenvalue weighted by Crippen LogP contribution is -2.25. The third-order valence-corrected chi connectivity index (χ3v) is 6.24. The SMILES string of the molecule is CSc1ccc([C@H]2CC(=O)Nc3c2c(C)nn3-c2nncc(-c3ccc(F)cc3)n2)cc1. The average molecular weight is 447 g/mol. The summed E-state index contributed by atoms with van der Waals surface area (Å²) in [5.41, 5.74) is 4.02. The van der Waals surface area contributed by atoms with Crippen LogP contribution in [0.4, 0.5) is 10.2 Å². The maximum absolute atomic E-state index is 13.3. The van der Waals surface area contributed by atoms with Crippen LogP contribution < -0.4 is 5.32 Å². The zero-order valence-corrected chi connectivity index (χ0v) is 18.2. The normalized spacial score (nSPS) is 15.3. The highest BCUT2D eigenvalue weighted by Crippen LogP contribution is 2.40. The number of nitrogens with one attached hydrogen (secondary N) is 1. The van der Waals surface area contributed by atoms with Gasteiger partial charge in [-0.1, -0.05) is 12.1 Å². The first-order chi connectivity index (χ1) is 15.5. The Morgan fingerprint density at radius 1 is 1.12 bits per heavy atom. The van der Waals surface area contributed by atoms with Crippen molar-refractivity contribution < 1.29 is 9.18 Å². The van der Waals surface area contributed by atoms with Gasteiger partial charge in [-0.25, -0.2) is 9.37 Å². The fourth-order valence-corrected chi connectivity index (χ4v) is 4.36. The lowest BCUT2D eigenvalue weighted by atomic mass is 9.86. The Balaban J connectivity index is 1.58. The molecule has 1 aliphatic rings. The van der Waals surface area contributed by atoms with Gasteiger partial charge in [0.15, 0.2) is 0 Å². The maximum atomic E-state index is 13.3. The predicted molar refractivity (Wildman–Crippen MR) is 120 cm³/mol. The van der Waals surface area contributed by atoms with Crippen molar-refractivity contribution >= 4 is 23.5 Å². The van der Waals surface area contributed by atoms with Crippen LogP contribution in [0.25, 0.3) is 17.2 Å². The van der Waals surface area contributed by atoms with Crippen LogP contribution in [-0.2, 0) is 4.79 Å². The standard InChI is InChI=1S/C23H19FN6OS/c1-13-21-18(14-5-9-17(32-2)10-6-14)11-20(31)27-22(21)30(29-13)23-26-19(12-25-28-23)15-3-7-16(24)8-4-15/h3-10,12,18H,11H2,1-2H3,(H,27,31)/t18-/m1/s1. The van der Waals surface area contributed by atoms with Crippen molar-refractivity contribution in [3.05, 3.63) is 77.4 Å². The van der Waals surface area contributed by atoms with Gasteiger partial charge in [0.1, 0.15) is 11.6 Å². The lowest BCUT2D eigenvalue weighted by molar-refractivity contribution is -0.116. The molecule has 0 spiro atoms. The smallest absolute Gasteiger partial charge is 0.272 e. The predicted octanol–water partition coefficient (Wildman–Crippen LogP) is 4.37. The summed E-state index contributed by atoms with van der Waals surface area (Å²) in [4.78, 5) is 18.3. The number of hydrogen-bond donors (Lipinski definition) is 1. The topological polar surface area (TPSA) is 85.6 Å². The van der Waals surface area contributed by atoms with Crippen molar-refractivity contribution in [3.63, 3.8) is 0 Å². The van der Waals surface area contributed by atoms with E-state index in [1.54, 1.807) is 23.9 Å². The molecule has 0 unspecified atom stereocenters. The van der Waals surface area contributed by atoms with Gasteiger partial charge in [-0.3, -0.25) is 4.79 Å². The molecule has 7 nitrogen and oxygen atoms in total. The summed E-state index contributed by atoms with van der Waals surface area (Å²) in [5.74, 6) is 0.245. The van der Waals surface area contributed by atoms with Gasteiger partial charge in [0.2, 0.25) is 5.91 Å². The number of nitrogens with zero attached hydrogens (tertiary/aromatic N) is 5. The summed E-state index contributed by atoms with van der Waals surface area (Å²) < 4.78 is 14.8. The van der Waals surface area contributed by atoms with Gasteiger partial charge < -0.3 is 5.32 Å². The highest BCUT2D eigenvalue weighted by atomic mass is 32.2. The van der Waals surface area contributed by atoms with Crippen LogP contribution in [0.2, 0.25) is 0 Å². The van der Waals surface area contributed by atoms with Crippen molar-refractivity contribution in [3.8, 4) is 17.2 Å². The number of halogens is 1. The molecule has 160 valence electrons. The molecule has 0 fully saturated rings. The van der Waals surface area contributed by atoms with E-state index in [9.17, 15) is 9.18 Å². The Labute approximate surface area is 188 Å². The summed E-state index contributed by atoms with van der Waals surface area (Å²) >= 11 is 1.68. The van der Waals surface area contributed by atoms with Crippen LogP contribution in [-0.4, -0.2) is 37.1 Å². The summed E-state index contributed by atoms with van der Waals surface area (Å²) in [6.07, 6.45) is 3.88. The highest BCUT2D eigenvalue weighted by Gasteiger charge is 2.33. The number of benzene rings is 2. The lowest BCUT2D eigenvalue weighted by Gasteiger charge is -2.24. The second-order valence-corrected chi connectivity index (χ2v) is 8.37. The molecule has 2 aromatic carbocycles. The first-order valence-corrected chi connectivity index (χ1v) is 11.3. The molecule has 1 aliphatic heterocycles. The molecule has 1 N–H and O–H groups in total. The van der Waals surface area contributed by atoms with Crippen LogP contribution in [0.5, 0.6) is 0 Å². The van der Waals surface area contributed by atoms with Gasteiger partial charge in [0, 0.05) is 28.4 Å². The van der Waals surface area contributed by atoms with Crippen LogP contribution in [0.1, 0.15) is 29.2 Å². The molecule has 32 heavy (non-hydrogen) atoms. The molecule has 0 saturated carbocycles. The van der Waals surface area contributed by atoms with Gasteiger partial charge in [0.25, 0.3) is 5.95 Å². The van der Waals surface area contributed by atoms with E-state index in [1.807, 2.05) is 13.2 Å². The quantitative estimate of drug-likeness (QED) is 0.469. The van der Waals surface area contributed by atoms with E-state index in [0.717, 1.165) is 16.8 Å². The second kappa shape index (κ2) is 8.16. The number of amides is 1. The summed E-state index contributed by atoms with van der Waals surface area (Å²) in [7, 11) is 0. The Kier molecular flexibility index (Phi) is 5.18. The van der Waals surface area contributed by atoms with Crippen molar-refractivity contribution in [2.45, 2.75) is 24.2 Å². The Morgan fingerprint density at radius 3 is 2.59 bits per heavy atom. The number of thioether (sulfide) groups is 1. The number of aromatic nitrogens is 5. The number of aryl methyl sites for hydroxylation is 1. The maximum Gasteiger partial charge on any atom is 0.272 e. The van der Waals surface area contributed by atoms with Crippen LogP contribution in [0.3, 0.4) is 0 Å². The molecule has 4 aromatic rings. The highest BCUT2D eigenvalue weighted by molar-refractivity contribution is 7.98. The fourth-order valence-electron chi connectivity index (χ4n) is 3.96. The van der Waals surface area contributed by atoms with E-state index in [4.69, 9.17) is 0 Å². The first-order valence-electron chi connectivity index (χ1n) is 10.0.